The predicted molar refractivity (Wildman–Crippen MR) is 123 cm³/mol. The van der Waals surface area contributed by atoms with Gasteiger partial charge in [-0.25, -0.2) is 13.1 Å². The monoisotopic (exact) mass is 502 g/mol. The van der Waals surface area contributed by atoms with Crippen LogP contribution in [-0.2, 0) is 21.4 Å². The van der Waals surface area contributed by atoms with Crippen molar-refractivity contribution in [2.45, 2.75) is 24.4 Å². The van der Waals surface area contributed by atoms with Gasteiger partial charge in [-0.3, -0.25) is 4.79 Å². The molecule has 31 heavy (non-hydrogen) atoms. The topological polar surface area (TPSA) is 84.5 Å². The standard InChI is InChI=1S/C23H23BrN2O4S/c1-17(19-7-9-20(24)10-8-19)26-23(27)16-30-21-11-13-22(14-12-21)31(28,29)25-15-18-5-3-2-4-6-18/h2-14,17,25H,15-16H2,1H3,(H,26,27). The first-order valence-electron chi connectivity index (χ1n) is 9.65. The summed E-state index contributed by atoms with van der Waals surface area (Å²) in [6.07, 6.45) is 0. The van der Waals surface area contributed by atoms with E-state index in [9.17, 15) is 13.2 Å². The third kappa shape index (κ3) is 6.92. The van der Waals surface area contributed by atoms with Gasteiger partial charge in [-0.05, 0) is 54.4 Å². The summed E-state index contributed by atoms with van der Waals surface area (Å²) < 4.78 is 33.9. The average molecular weight is 503 g/mol. The van der Waals surface area contributed by atoms with E-state index in [-0.39, 0.29) is 30.0 Å². The van der Waals surface area contributed by atoms with Crippen LogP contribution in [0.15, 0.2) is 88.2 Å². The van der Waals surface area contributed by atoms with E-state index in [1.54, 1.807) is 0 Å². The van der Waals surface area contributed by atoms with Gasteiger partial charge in [0.2, 0.25) is 10.0 Å². The van der Waals surface area contributed by atoms with Crippen molar-refractivity contribution < 1.29 is 17.9 Å². The molecular formula is C23H23BrN2O4S. The van der Waals surface area contributed by atoms with Crippen molar-refractivity contribution in [3.63, 3.8) is 0 Å². The third-order valence-electron chi connectivity index (χ3n) is 4.56. The lowest BCUT2D eigenvalue weighted by molar-refractivity contribution is -0.123. The van der Waals surface area contributed by atoms with E-state index < -0.39 is 10.0 Å². The first kappa shape index (κ1) is 23.0. The highest BCUT2D eigenvalue weighted by Crippen LogP contribution is 2.18. The molecule has 8 heteroatoms. The molecule has 0 aliphatic heterocycles. The van der Waals surface area contributed by atoms with E-state index in [2.05, 4.69) is 26.0 Å². The molecule has 3 aromatic rings. The highest BCUT2D eigenvalue weighted by Gasteiger charge is 2.14. The molecule has 0 aromatic heterocycles. The summed E-state index contributed by atoms with van der Waals surface area (Å²) in [6.45, 7) is 1.93. The molecule has 0 saturated carbocycles. The maximum absolute atomic E-state index is 12.4. The Bertz CT molecular complexity index is 1100. The van der Waals surface area contributed by atoms with Crippen LogP contribution in [0, 0.1) is 0 Å². The molecule has 3 aromatic carbocycles. The first-order valence-corrected chi connectivity index (χ1v) is 11.9. The summed E-state index contributed by atoms with van der Waals surface area (Å²) >= 11 is 3.38. The van der Waals surface area contributed by atoms with Crippen LogP contribution < -0.4 is 14.8 Å². The van der Waals surface area contributed by atoms with E-state index >= 15 is 0 Å². The van der Waals surface area contributed by atoms with E-state index in [0.29, 0.717) is 5.75 Å². The Hall–Kier alpha value is -2.68. The number of rotatable bonds is 9. The van der Waals surface area contributed by atoms with Gasteiger partial charge in [0.1, 0.15) is 5.75 Å². The lowest BCUT2D eigenvalue weighted by Crippen LogP contribution is -2.31. The number of carbonyl (C=O) groups is 1. The smallest absolute Gasteiger partial charge is 0.258 e. The highest BCUT2D eigenvalue weighted by atomic mass is 79.9. The molecule has 0 aliphatic carbocycles. The summed E-state index contributed by atoms with van der Waals surface area (Å²) in [6, 6.07) is 22.8. The van der Waals surface area contributed by atoms with Gasteiger partial charge in [-0.15, -0.1) is 0 Å². The summed E-state index contributed by atoms with van der Waals surface area (Å²) in [7, 11) is -3.64. The van der Waals surface area contributed by atoms with Crippen molar-refractivity contribution in [3.05, 3.63) is 94.5 Å². The van der Waals surface area contributed by atoms with E-state index in [0.717, 1.165) is 15.6 Å². The molecule has 0 spiro atoms. The number of ether oxygens (including phenoxy) is 1. The molecule has 1 amide bonds. The van der Waals surface area contributed by atoms with Crippen LogP contribution in [0.25, 0.3) is 0 Å². The fourth-order valence-electron chi connectivity index (χ4n) is 2.84. The lowest BCUT2D eigenvalue weighted by Gasteiger charge is -2.15. The first-order chi connectivity index (χ1) is 14.8. The van der Waals surface area contributed by atoms with Crippen molar-refractivity contribution in [1.29, 1.82) is 0 Å². The molecule has 6 nitrogen and oxygen atoms in total. The van der Waals surface area contributed by atoms with Gasteiger partial charge in [-0.2, -0.15) is 0 Å². The van der Waals surface area contributed by atoms with Gasteiger partial charge in [0, 0.05) is 11.0 Å². The third-order valence-corrected chi connectivity index (χ3v) is 6.51. The Kier molecular flexibility index (Phi) is 7.84. The zero-order chi connectivity index (χ0) is 22.3. The number of amides is 1. The summed E-state index contributed by atoms with van der Waals surface area (Å²) in [5.41, 5.74) is 1.85. The lowest BCUT2D eigenvalue weighted by atomic mass is 10.1. The van der Waals surface area contributed by atoms with Gasteiger partial charge < -0.3 is 10.1 Å². The maximum Gasteiger partial charge on any atom is 0.258 e. The fourth-order valence-corrected chi connectivity index (χ4v) is 4.12. The van der Waals surface area contributed by atoms with Crippen LogP contribution in [-0.4, -0.2) is 20.9 Å². The molecule has 1 atom stereocenters. The molecule has 2 N–H and O–H groups in total. The number of hydrogen-bond acceptors (Lipinski definition) is 4. The minimum absolute atomic E-state index is 0.129. The summed E-state index contributed by atoms with van der Waals surface area (Å²) in [4.78, 5) is 12.3. The molecule has 0 saturated heterocycles. The molecule has 0 radical (unpaired) electrons. The number of halogens is 1. The summed E-state index contributed by atoms with van der Waals surface area (Å²) in [5, 5.41) is 2.87. The van der Waals surface area contributed by atoms with Crippen LogP contribution in [0.4, 0.5) is 0 Å². The Labute approximate surface area is 190 Å². The van der Waals surface area contributed by atoms with E-state index in [1.165, 1.54) is 24.3 Å². The van der Waals surface area contributed by atoms with Gasteiger partial charge in [0.05, 0.1) is 10.9 Å². The van der Waals surface area contributed by atoms with E-state index in [4.69, 9.17) is 4.74 Å². The minimum Gasteiger partial charge on any atom is -0.484 e. The largest absolute Gasteiger partial charge is 0.484 e. The quantitative estimate of drug-likeness (QED) is 0.459. The SMILES string of the molecule is CC(NC(=O)COc1ccc(S(=O)(=O)NCc2ccccc2)cc1)c1ccc(Br)cc1. The molecular weight excluding hydrogens is 480 g/mol. The van der Waals surface area contributed by atoms with Crippen molar-refractivity contribution in [2.75, 3.05) is 6.61 Å². The molecule has 162 valence electrons. The molecule has 1 unspecified atom stereocenters. The number of hydrogen-bond donors (Lipinski definition) is 2. The van der Waals surface area contributed by atoms with Crippen molar-refractivity contribution in [3.8, 4) is 5.75 Å². The Morgan fingerprint density at radius 1 is 0.968 bits per heavy atom. The van der Waals surface area contributed by atoms with Crippen molar-refractivity contribution in [2.24, 2.45) is 0 Å². The second-order valence-corrected chi connectivity index (χ2v) is 9.59. The van der Waals surface area contributed by atoms with E-state index in [1.807, 2.05) is 61.5 Å². The highest BCUT2D eigenvalue weighted by molar-refractivity contribution is 9.10. The average Bonchev–Trinajstić information content (AvgIpc) is 2.78. The second-order valence-electron chi connectivity index (χ2n) is 6.91. The normalized spacial score (nSPS) is 12.2. The zero-order valence-corrected chi connectivity index (χ0v) is 19.3. The molecule has 0 bridgehead atoms. The van der Waals surface area contributed by atoms with Crippen LogP contribution >= 0.6 is 15.9 Å². The van der Waals surface area contributed by atoms with Crippen molar-refractivity contribution >= 4 is 31.9 Å². The Morgan fingerprint density at radius 2 is 1.61 bits per heavy atom. The van der Waals surface area contributed by atoms with Gasteiger partial charge >= 0.3 is 0 Å². The van der Waals surface area contributed by atoms with Crippen LogP contribution in [0.1, 0.15) is 24.1 Å². The van der Waals surface area contributed by atoms with Crippen LogP contribution in [0.5, 0.6) is 5.75 Å². The Morgan fingerprint density at radius 3 is 2.26 bits per heavy atom. The summed E-state index contributed by atoms with van der Waals surface area (Å²) in [5.74, 6) is 0.144. The number of carbonyl (C=O) groups excluding carboxylic acids is 1. The number of nitrogens with one attached hydrogen (secondary N) is 2. The molecule has 3 rings (SSSR count). The van der Waals surface area contributed by atoms with Gasteiger partial charge in [0.25, 0.3) is 5.91 Å². The van der Waals surface area contributed by atoms with Gasteiger partial charge in [0.15, 0.2) is 6.61 Å². The van der Waals surface area contributed by atoms with Gasteiger partial charge in [-0.1, -0.05) is 58.4 Å². The molecule has 0 aliphatic rings. The molecule has 0 fully saturated rings. The number of sulfonamides is 1. The zero-order valence-electron chi connectivity index (χ0n) is 16.9. The van der Waals surface area contributed by atoms with Crippen LogP contribution in [0.3, 0.4) is 0 Å². The van der Waals surface area contributed by atoms with Crippen LogP contribution in [0.2, 0.25) is 0 Å². The van der Waals surface area contributed by atoms with Crippen molar-refractivity contribution in [1.82, 2.24) is 10.0 Å². The number of benzene rings is 3. The maximum atomic E-state index is 12.4. The Balaban J connectivity index is 1.50. The molecule has 0 heterocycles. The predicted octanol–water partition coefficient (Wildman–Crippen LogP) is 4.18. The minimum atomic E-state index is -3.64. The fraction of sp³-hybridized carbons (Fsp3) is 0.174. The second kappa shape index (κ2) is 10.6.